The van der Waals surface area contributed by atoms with Crippen LogP contribution in [0.15, 0.2) is 30.3 Å². The van der Waals surface area contributed by atoms with Crippen LogP contribution < -0.4 is 11.1 Å². The fourth-order valence-corrected chi connectivity index (χ4v) is 3.93. The van der Waals surface area contributed by atoms with Gasteiger partial charge in [-0.25, -0.2) is 14.8 Å². The van der Waals surface area contributed by atoms with Gasteiger partial charge < -0.3 is 16.2 Å². The molecule has 1 atom stereocenters. The zero-order valence-electron chi connectivity index (χ0n) is 14.3. The highest BCUT2D eigenvalue weighted by molar-refractivity contribution is 7.19. The summed E-state index contributed by atoms with van der Waals surface area (Å²) in [6, 6.07) is 8.61. The van der Waals surface area contributed by atoms with Gasteiger partial charge in [-0.3, -0.25) is 4.79 Å². The Hall–Kier alpha value is -3.00. The Labute approximate surface area is 153 Å². The number of amides is 1. The molecule has 0 spiro atoms. The highest BCUT2D eigenvalue weighted by Gasteiger charge is 2.24. The quantitative estimate of drug-likeness (QED) is 0.614. The molecule has 1 amide bonds. The van der Waals surface area contributed by atoms with Crippen molar-refractivity contribution in [3.05, 3.63) is 41.0 Å². The van der Waals surface area contributed by atoms with Crippen LogP contribution in [0.5, 0.6) is 0 Å². The number of fused-ring (bicyclic) bond motifs is 1. The number of carboxylic acids is 1. The molecule has 0 radical (unpaired) electrons. The molecule has 0 aliphatic carbocycles. The molecular formula is C18H18N4O3S. The maximum Gasteiger partial charge on any atom is 0.326 e. The van der Waals surface area contributed by atoms with Gasteiger partial charge >= 0.3 is 5.97 Å². The molecule has 1 unspecified atom stereocenters. The monoisotopic (exact) mass is 370 g/mol. The van der Waals surface area contributed by atoms with E-state index in [4.69, 9.17) is 5.73 Å². The van der Waals surface area contributed by atoms with Crippen molar-refractivity contribution >= 4 is 39.2 Å². The molecule has 0 saturated carbocycles. The fourth-order valence-electron chi connectivity index (χ4n) is 2.84. The molecule has 0 fully saturated rings. The molecule has 1 aromatic carbocycles. The SMILES string of the molecule is Cc1nc(NC(CC(N)=O)C(=O)O)c2c(-c3ccccc3)c(C)sc2n1. The lowest BCUT2D eigenvalue weighted by atomic mass is 10.0. The topological polar surface area (TPSA) is 118 Å². The van der Waals surface area contributed by atoms with Gasteiger partial charge in [0.1, 0.15) is 22.5 Å². The highest BCUT2D eigenvalue weighted by atomic mass is 32.1. The number of aryl methyl sites for hydroxylation is 2. The van der Waals surface area contributed by atoms with Gasteiger partial charge in [-0.1, -0.05) is 30.3 Å². The summed E-state index contributed by atoms with van der Waals surface area (Å²) in [5.74, 6) is -0.952. The molecule has 7 nitrogen and oxygen atoms in total. The van der Waals surface area contributed by atoms with Gasteiger partial charge in [0.05, 0.1) is 11.8 Å². The Kier molecular flexibility index (Phi) is 4.85. The van der Waals surface area contributed by atoms with E-state index in [9.17, 15) is 14.7 Å². The van der Waals surface area contributed by atoms with E-state index in [1.807, 2.05) is 37.3 Å². The van der Waals surface area contributed by atoms with Crippen molar-refractivity contribution in [3.8, 4) is 11.1 Å². The first-order chi connectivity index (χ1) is 12.4. The number of carboxylic acid groups (broad SMARTS) is 1. The zero-order valence-corrected chi connectivity index (χ0v) is 15.1. The van der Waals surface area contributed by atoms with Crippen LogP contribution in [-0.2, 0) is 9.59 Å². The molecule has 2 aromatic heterocycles. The summed E-state index contributed by atoms with van der Waals surface area (Å²) in [6.45, 7) is 3.73. The molecule has 3 aromatic rings. The van der Waals surface area contributed by atoms with Crippen LogP contribution in [-0.4, -0.2) is 33.0 Å². The lowest BCUT2D eigenvalue weighted by Crippen LogP contribution is -2.34. The number of carbonyl (C=O) groups is 2. The number of nitrogens with one attached hydrogen (secondary N) is 1. The van der Waals surface area contributed by atoms with Gasteiger partial charge in [0.25, 0.3) is 0 Å². The van der Waals surface area contributed by atoms with Gasteiger partial charge in [0, 0.05) is 10.4 Å². The molecule has 26 heavy (non-hydrogen) atoms. The minimum absolute atomic E-state index is 0.330. The first-order valence-electron chi connectivity index (χ1n) is 7.97. The predicted molar refractivity (Wildman–Crippen MR) is 101 cm³/mol. The smallest absolute Gasteiger partial charge is 0.326 e. The second-order valence-electron chi connectivity index (χ2n) is 5.90. The highest BCUT2D eigenvalue weighted by Crippen LogP contribution is 2.40. The predicted octanol–water partition coefficient (Wildman–Crippen LogP) is 2.72. The Balaban J connectivity index is 2.18. The van der Waals surface area contributed by atoms with E-state index in [1.54, 1.807) is 6.92 Å². The van der Waals surface area contributed by atoms with Crippen LogP contribution in [0.4, 0.5) is 5.82 Å². The van der Waals surface area contributed by atoms with E-state index in [-0.39, 0.29) is 6.42 Å². The van der Waals surface area contributed by atoms with E-state index in [2.05, 4.69) is 15.3 Å². The van der Waals surface area contributed by atoms with Crippen molar-refractivity contribution in [2.75, 3.05) is 5.32 Å². The van der Waals surface area contributed by atoms with Crippen LogP contribution in [0, 0.1) is 13.8 Å². The van der Waals surface area contributed by atoms with E-state index >= 15 is 0 Å². The van der Waals surface area contributed by atoms with Crippen LogP contribution in [0.1, 0.15) is 17.1 Å². The summed E-state index contributed by atoms with van der Waals surface area (Å²) < 4.78 is 0. The number of thiophene rings is 1. The van der Waals surface area contributed by atoms with Crippen molar-refractivity contribution in [1.82, 2.24) is 9.97 Å². The minimum Gasteiger partial charge on any atom is -0.480 e. The summed E-state index contributed by atoms with van der Waals surface area (Å²) in [7, 11) is 0. The normalized spacial score (nSPS) is 12.1. The third-order valence-corrected chi connectivity index (χ3v) is 4.92. The number of aliphatic carboxylic acids is 1. The molecule has 4 N–H and O–H groups in total. The summed E-state index contributed by atoms with van der Waals surface area (Å²) >= 11 is 1.52. The summed E-state index contributed by atoms with van der Waals surface area (Å²) in [4.78, 5) is 33.4. The van der Waals surface area contributed by atoms with Crippen molar-refractivity contribution < 1.29 is 14.7 Å². The van der Waals surface area contributed by atoms with Gasteiger partial charge in [-0.2, -0.15) is 0 Å². The molecule has 2 heterocycles. The van der Waals surface area contributed by atoms with Gasteiger partial charge in [0.15, 0.2) is 0 Å². The van der Waals surface area contributed by atoms with E-state index in [1.165, 1.54) is 11.3 Å². The van der Waals surface area contributed by atoms with Crippen LogP contribution in [0.2, 0.25) is 0 Å². The maximum absolute atomic E-state index is 11.5. The third kappa shape index (κ3) is 3.50. The first kappa shape index (κ1) is 17.8. The second-order valence-corrected chi connectivity index (χ2v) is 7.11. The fraction of sp³-hybridized carbons (Fsp3) is 0.222. The Morgan fingerprint density at radius 1 is 1.23 bits per heavy atom. The number of anilines is 1. The second kappa shape index (κ2) is 7.09. The Morgan fingerprint density at radius 3 is 2.54 bits per heavy atom. The number of hydrogen-bond acceptors (Lipinski definition) is 6. The number of benzene rings is 1. The molecule has 3 rings (SSSR count). The summed E-state index contributed by atoms with van der Waals surface area (Å²) in [5, 5.41) is 13.0. The molecule has 0 bridgehead atoms. The Bertz CT molecular complexity index is 985. The molecule has 0 aliphatic heterocycles. The van der Waals surface area contributed by atoms with Crippen molar-refractivity contribution in [2.45, 2.75) is 26.3 Å². The number of primary amides is 1. The number of aromatic nitrogens is 2. The van der Waals surface area contributed by atoms with Crippen molar-refractivity contribution in [1.29, 1.82) is 0 Å². The van der Waals surface area contributed by atoms with Crippen molar-refractivity contribution in [2.24, 2.45) is 5.73 Å². The van der Waals surface area contributed by atoms with Crippen LogP contribution in [0.25, 0.3) is 21.3 Å². The largest absolute Gasteiger partial charge is 0.480 e. The van der Waals surface area contributed by atoms with E-state index < -0.39 is 17.9 Å². The standard InChI is InChI=1S/C18H18N4O3S/c1-9-14(11-6-4-3-5-7-11)15-16(20-10(2)21-17(15)26-9)22-12(18(24)25)8-13(19)23/h3-7,12H,8H2,1-2H3,(H2,19,23)(H,24,25)(H,20,21,22). The van der Waals surface area contributed by atoms with Gasteiger partial charge in [-0.15, -0.1) is 11.3 Å². The molecular weight excluding hydrogens is 352 g/mol. The maximum atomic E-state index is 11.5. The Morgan fingerprint density at radius 2 is 1.92 bits per heavy atom. The summed E-state index contributed by atoms with van der Waals surface area (Å²) in [5.41, 5.74) is 7.13. The summed E-state index contributed by atoms with van der Waals surface area (Å²) in [6.07, 6.45) is -0.330. The number of carbonyl (C=O) groups excluding carboxylic acids is 1. The molecule has 0 saturated heterocycles. The number of nitrogens with zero attached hydrogens (tertiary/aromatic N) is 2. The van der Waals surface area contributed by atoms with Crippen LogP contribution in [0.3, 0.4) is 0 Å². The van der Waals surface area contributed by atoms with E-state index in [0.717, 1.165) is 26.2 Å². The van der Waals surface area contributed by atoms with Crippen LogP contribution >= 0.6 is 11.3 Å². The average Bonchev–Trinajstić information content (AvgIpc) is 2.90. The lowest BCUT2D eigenvalue weighted by Gasteiger charge is -2.15. The number of nitrogens with two attached hydrogens (primary N) is 1. The van der Waals surface area contributed by atoms with Gasteiger partial charge in [0.2, 0.25) is 5.91 Å². The lowest BCUT2D eigenvalue weighted by molar-refractivity contribution is -0.139. The van der Waals surface area contributed by atoms with E-state index in [0.29, 0.717) is 11.6 Å². The molecule has 0 aliphatic rings. The minimum atomic E-state index is -1.17. The van der Waals surface area contributed by atoms with Crippen molar-refractivity contribution in [3.63, 3.8) is 0 Å². The zero-order chi connectivity index (χ0) is 18.8. The molecule has 8 heteroatoms. The third-order valence-electron chi connectivity index (χ3n) is 3.92. The van der Waals surface area contributed by atoms with Gasteiger partial charge in [-0.05, 0) is 19.4 Å². The number of rotatable bonds is 6. The molecule has 134 valence electrons. The first-order valence-corrected chi connectivity index (χ1v) is 8.79. The number of hydrogen-bond donors (Lipinski definition) is 3. The average molecular weight is 370 g/mol.